The van der Waals surface area contributed by atoms with Crippen molar-refractivity contribution in [1.29, 1.82) is 0 Å². The summed E-state index contributed by atoms with van der Waals surface area (Å²) >= 11 is 1.28. The largest absolute Gasteiger partial charge is 0.351 e. The summed E-state index contributed by atoms with van der Waals surface area (Å²) in [5.41, 5.74) is 3.02. The minimum atomic E-state index is -0.523. The molecular formula is C22H18N4O3S. The van der Waals surface area contributed by atoms with Crippen LogP contribution in [0.4, 0.5) is 5.69 Å². The summed E-state index contributed by atoms with van der Waals surface area (Å²) in [6, 6.07) is 23.6. The highest BCUT2D eigenvalue weighted by Crippen LogP contribution is 2.35. The molecule has 8 heteroatoms. The van der Waals surface area contributed by atoms with Crippen LogP contribution in [0.5, 0.6) is 0 Å². The monoisotopic (exact) mass is 418 g/mol. The number of fused-ring (bicyclic) bond motifs is 1. The van der Waals surface area contributed by atoms with Crippen molar-refractivity contribution in [2.45, 2.75) is 17.0 Å². The van der Waals surface area contributed by atoms with Gasteiger partial charge in [0.05, 0.1) is 16.0 Å². The fraction of sp³-hybridized carbons (Fsp3) is 0.0909. The van der Waals surface area contributed by atoms with E-state index in [1.54, 1.807) is 6.07 Å². The Labute approximate surface area is 176 Å². The van der Waals surface area contributed by atoms with Gasteiger partial charge in [-0.25, -0.2) is 4.98 Å². The molecule has 0 spiro atoms. The number of amides is 1. The number of rotatable bonds is 7. The molecule has 0 saturated carbocycles. The zero-order chi connectivity index (χ0) is 20.9. The van der Waals surface area contributed by atoms with Crippen molar-refractivity contribution < 1.29 is 9.72 Å². The quantitative estimate of drug-likeness (QED) is 0.259. The molecule has 4 rings (SSSR count). The Morgan fingerprint density at radius 3 is 2.47 bits per heavy atom. The zero-order valence-corrected chi connectivity index (χ0v) is 16.6. The SMILES string of the molecule is O=C(NCc1ccccc1)[C@@H](Sc1nc2ccc([N+](=O)[O-])cc2[nH]1)c1ccccc1. The minimum absolute atomic E-state index is 0.0112. The van der Waals surface area contributed by atoms with Crippen LogP contribution in [0.15, 0.2) is 84.0 Å². The van der Waals surface area contributed by atoms with E-state index in [2.05, 4.69) is 15.3 Å². The molecule has 0 bridgehead atoms. The molecule has 0 aliphatic heterocycles. The number of H-pyrrole nitrogens is 1. The Bertz CT molecular complexity index is 1180. The number of hydrogen-bond acceptors (Lipinski definition) is 5. The Kier molecular flexibility index (Phi) is 5.76. The molecule has 0 aliphatic carbocycles. The second-order valence-corrected chi connectivity index (χ2v) is 7.71. The second-order valence-electron chi connectivity index (χ2n) is 6.61. The van der Waals surface area contributed by atoms with Crippen LogP contribution in [0.3, 0.4) is 0 Å². The number of nitro benzene ring substituents is 1. The lowest BCUT2D eigenvalue weighted by atomic mass is 10.1. The van der Waals surface area contributed by atoms with E-state index in [1.807, 2.05) is 60.7 Å². The number of aromatic nitrogens is 2. The number of thioether (sulfide) groups is 1. The van der Waals surface area contributed by atoms with E-state index in [-0.39, 0.29) is 11.6 Å². The lowest BCUT2D eigenvalue weighted by molar-refractivity contribution is -0.384. The molecule has 1 heterocycles. The maximum atomic E-state index is 13.0. The Morgan fingerprint density at radius 1 is 1.07 bits per heavy atom. The van der Waals surface area contributed by atoms with Crippen LogP contribution in [0.2, 0.25) is 0 Å². The van der Waals surface area contributed by atoms with Gasteiger partial charge < -0.3 is 10.3 Å². The molecule has 150 valence electrons. The molecular weight excluding hydrogens is 400 g/mol. The Morgan fingerprint density at radius 2 is 1.77 bits per heavy atom. The van der Waals surface area contributed by atoms with Gasteiger partial charge in [0.2, 0.25) is 5.91 Å². The molecule has 0 fully saturated rings. The number of non-ortho nitro benzene ring substituents is 1. The Balaban J connectivity index is 1.58. The summed E-state index contributed by atoms with van der Waals surface area (Å²) < 4.78 is 0. The molecule has 1 atom stereocenters. The standard InChI is InChI=1S/C22H18N4O3S/c27-21(23-14-15-7-3-1-4-8-15)20(16-9-5-2-6-10-16)30-22-24-18-12-11-17(26(28)29)13-19(18)25-22/h1-13,20H,14H2,(H,23,27)(H,24,25)/t20-/m0/s1. The van der Waals surface area contributed by atoms with Gasteiger partial charge in [0.25, 0.3) is 5.69 Å². The summed E-state index contributed by atoms with van der Waals surface area (Å²) in [6.07, 6.45) is 0. The third-order valence-corrected chi connectivity index (χ3v) is 5.67. The van der Waals surface area contributed by atoms with Crippen LogP contribution in [-0.2, 0) is 11.3 Å². The van der Waals surface area contributed by atoms with Gasteiger partial charge in [-0.2, -0.15) is 0 Å². The molecule has 0 unspecified atom stereocenters. The van der Waals surface area contributed by atoms with Crippen molar-refractivity contribution >= 4 is 34.4 Å². The first-order valence-corrected chi connectivity index (χ1v) is 10.2. The lowest BCUT2D eigenvalue weighted by Crippen LogP contribution is -2.27. The molecule has 0 radical (unpaired) electrons. The van der Waals surface area contributed by atoms with Gasteiger partial charge in [0.1, 0.15) is 5.25 Å². The molecule has 3 aromatic carbocycles. The van der Waals surface area contributed by atoms with E-state index in [0.29, 0.717) is 22.7 Å². The molecule has 2 N–H and O–H groups in total. The topological polar surface area (TPSA) is 101 Å². The van der Waals surface area contributed by atoms with Gasteiger partial charge in [-0.15, -0.1) is 0 Å². The predicted molar refractivity (Wildman–Crippen MR) is 116 cm³/mol. The van der Waals surface area contributed by atoms with Crippen LogP contribution in [0.1, 0.15) is 16.4 Å². The maximum absolute atomic E-state index is 13.0. The first-order valence-electron chi connectivity index (χ1n) is 9.27. The van der Waals surface area contributed by atoms with E-state index >= 15 is 0 Å². The minimum Gasteiger partial charge on any atom is -0.351 e. The van der Waals surface area contributed by atoms with E-state index in [1.165, 1.54) is 23.9 Å². The van der Waals surface area contributed by atoms with Gasteiger partial charge in [-0.3, -0.25) is 14.9 Å². The van der Waals surface area contributed by atoms with E-state index in [0.717, 1.165) is 11.1 Å². The predicted octanol–water partition coefficient (Wildman–Crippen LogP) is 4.62. The van der Waals surface area contributed by atoms with Crippen molar-refractivity contribution in [3.05, 3.63) is 100 Å². The number of nitro groups is 1. The number of carbonyl (C=O) groups is 1. The number of nitrogens with zero attached hydrogens (tertiary/aromatic N) is 2. The van der Waals surface area contributed by atoms with Gasteiger partial charge in [0.15, 0.2) is 5.16 Å². The van der Waals surface area contributed by atoms with Gasteiger partial charge in [-0.05, 0) is 17.2 Å². The second kappa shape index (κ2) is 8.79. The number of nitrogens with one attached hydrogen (secondary N) is 2. The molecule has 0 saturated heterocycles. The maximum Gasteiger partial charge on any atom is 0.271 e. The summed E-state index contributed by atoms with van der Waals surface area (Å²) in [5, 5.41) is 14.0. The summed E-state index contributed by atoms with van der Waals surface area (Å²) in [4.78, 5) is 31.1. The highest BCUT2D eigenvalue weighted by atomic mass is 32.2. The Hall–Kier alpha value is -3.65. The number of imidazole rings is 1. The van der Waals surface area contributed by atoms with E-state index < -0.39 is 10.2 Å². The van der Waals surface area contributed by atoms with Crippen molar-refractivity contribution in [3.63, 3.8) is 0 Å². The van der Waals surface area contributed by atoms with Crippen LogP contribution in [0.25, 0.3) is 11.0 Å². The zero-order valence-electron chi connectivity index (χ0n) is 15.8. The average molecular weight is 418 g/mol. The van der Waals surface area contributed by atoms with Crippen molar-refractivity contribution in [3.8, 4) is 0 Å². The number of aromatic amines is 1. The fourth-order valence-electron chi connectivity index (χ4n) is 3.03. The van der Waals surface area contributed by atoms with Crippen molar-refractivity contribution in [2.24, 2.45) is 0 Å². The third-order valence-electron chi connectivity index (χ3n) is 4.53. The van der Waals surface area contributed by atoms with Gasteiger partial charge in [0, 0.05) is 18.7 Å². The van der Waals surface area contributed by atoms with Crippen molar-refractivity contribution in [2.75, 3.05) is 0 Å². The first kappa shape index (κ1) is 19.7. The summed E-state index contributed by atoms with van der Waals surface area (Å²) in [5.74, 6) is -0.138. The average Bonchev–Trinajstić information content (AvgIpc) is 3.19. The van der Waals surface area contributed by atoms with Crippen LogP contribution in [0, 0.1) is 10.1 Å². The van der Waals surface area contributed by atoms with Crippen LogP contribution in [-0.4, -0.2) is 20.8 Å². The van der Waals surface area contributed by atoms with Crippen LogP contribution < -0.4 is 5.32 Å². The smallest absolute Gasteiger partial charge is 0.271 e. The highest BCUT2D eigenvalue weighted by molar-refractivity contribution is 8.00. The lowest BCUT2D eigenvalue weighted by Gasteiger charge is -2.16. The van der Waals surface area contributed by atoms with Gasteiger partial charge >= 0.3 is 0 Å². The highest BCUT2D eigenvalue weighted by Gasteiger charge is 2.23. The molecule has 4 aromatic rings. The van der Waals surface area contributed by atoms with Crippen molar-refractivity contribution in [1.82, 2.24) is 15.3 Å². The van der Waals surface area contributed by atoms with E-state index in [9.17, 15) is 14.9 Å². The normalized spacial score (nSPS) is 11.9. The molecule has 1 aromatic heterocycles. The molecule has 7 nitrogen and oxygen atoms in total. The summed E-state index contributed by atoms with van der Waals surface area (Å²) in [7, 11) is 0. The summed E-state index contributed by atoms with van der Waals surface area (Å²) in [6.45, 7) is 0.426. The molecule has 1 amide bonds. The third kappa shape index (κ3) is 4.49. The first-order chi connectivity index (χ1) is 14.6. The number of benzene rings is 3. The van der Waals surface area contributed by atoms with Crippen LogP contribution >= 0.6 is 11.8 Å². The number of carbonyl (C=O) groups excluding carboxylic acids is 1. The van der Waals surface area contributed by atoms with E-state index in [4.69, 9.17) is 0 Å². The van der Waals surface area contributed by atoms with Gasteiger partial charge in [-0.1, -0.05) is 72.4 Å². The number of hydrogen-bond donors (Lipinski definition) is 2. The fourth-order valence-corrected chi connectivity index (χ4v) is 4.06. The molecule has 30 heavy (non-hydrogen) atoms. The molecule has 0 aliphatic rings.